The second-order valence-electron chi connectivity index (χ2n) is 6.77. The monoisotopic (exact) mass is 357 g/mol. The van der Waals surface area contributed by atoms with Gasteiger partial charge >= 0.3 is 0 Å². The Morgan fingerprint density at radius 3 is 2.38 bits per heavy atom. The predicted molar refractivity (Wildman–Crippen MR) is 106 cm³/mol. The Bertz CT molecular complexity index is 657. The Labute approximate surface area is 157 Å². The standard InChI is InChI=1S/C22H31NO3/c1-5-18(3)23(14-19-10-12-21(25-4)13-11-19)15-20(24)16-26-22-9-7-6-8-17(22)2/h6-13,18,20,24H,5,14-16H2,1-4H3/t18-,20+/m0/s1. The number of nitrogens with zero attached hydrogens (tertiary/aromatic N) is 1. The summed E-state index contributed by atoms with van der Waals surface area (Å²) in [5.74, 6) is 1.69. The molecule has 2 rings (SSSR count). The minimum absolute atomic E-state index is 0.292. The summed E-state index contributed by atoms with van der Waals surface area (Å²) in [6.45, 7) is 8.03. The summed E-state index contributed by atoms with van der Waals surface area (Å²) in [5, 5.41) is 10.5. The number of para-hydroxylation sites is 1. The fourth-order valence-electron chi connectivity index (χ4n) is 2.85. The number of ether oxygens (including phenoxy) is 2. The van der Waals surface area contributed by atoms with Gasteiger partial charge < -0.3 is 14.6 Å². The molecule has 0 radical (unpaired) electrons. The van der Waals surface area contributed by atoms with E-state index in [4.69, 9.17) is 9.47 Å². The van der Waals surface area contributed by atoms with Gasteiger partial charge in [0.2, 0.25) is 0 Å². The fraction of sp³-hybridized carbons (Fsp3) is 0.455. The molecule has 0 saturated carbocycles. The summed E-state index contributed by atoms with van der Waals surface area (Å²) in [6.07, 6.45) is 0.489. The maximum absolute atomic E-state index is 10.5. The summed E-state index contributed by atoms with van der Waals surface area (Å²) in [6, 6.07) is 16.4. The maximum Gasteiger partial charge on any atom is 0.122 e. The second kappa shape index (κ2) is 10.2. The van der Waals surface area contributed by atoms with Gasteiger partial charge in [0, 0.05) is 19.1 Å². The molecule has 0 amide bonds. The van der Waals surface area contributed by atoms with Gasteiger partial charge in [0.05, 0.1) is 7.11 Å². The lowest BCUT2D eigenvalue weighted by Crippen LogP contribution is -2.40. The largest absolute Gasteiger partial charge is 0.497 e. The van der Waals surface area contributed by atoms with Crippen LogP contribution in [-0.4, -0.2) is 42.4 Å². The first-order chi connectivity index (χ1) is 12.5. The molecule has 4 heteroatoms. The van der Waals surface area contributed by atoms with E-state index in [1.807, 2.05) is 43.3 Å². The summed E-state index contributed by atoms with van der Waals surface area (Å²) in [5.41, 5.74) is 2.29. The second-order valence-corrected chi connectivity index (χ2v) is 6.77. The van der Waals surface area contributed by atoms with Gasteiger partial charge in [-0.3, -0.25) is 4.90 Å². The Morgan fingerprint density at radius 2 is 1.77 bits per heavy atom. The number of aryl methyl sites for hydroxylation is 1. The molecular formula is C22H31NO3. The Kier molecular flexibility index (Phi) is 7.95. The smallest absolute Gasteiger partial charge is 0.122 e. The third-order valence-corrected chi connectivity index (χ3v) is 4.73. The van der Waals surface area contributed by atoms with Crippen LogP contribution < -0.4 is 9.47 Å². The third kappa shape index (κ3) is 6.04. The van der Waals surface area contributed by atoms with Crippen LogP contribution in [0.3, 0.4) is 0 Å². The molecule has 2 atom stereocenters. The molecule has 0 saturated heterocycles. The molecule has 1 N–H and O–H groups in total. The molecule has 2 aromatic carbocycles. The van der Waals surface area contributed by atoms with Crippen LogP contribution in [0.25, 0.3) is 0 Å². The van der Waals surface area contributed by atoms with E-state index in [2.05, 4.69) is 30.9 Å². The van der Waals surface area contributed by atoms with Gasteiger partial charge in [0.1, 0.15) is 24.2 Å². The zero-order valence-corrected chi connectivity index (χ0v) is 16.3. The van der Waals surface area contributed by atoms with Crippen molar-refractivity contribution in [2.45, 2.75) is 45.9 Å². The number of aliphatic hydroxyl groups excluding tert-OH is 1. The SMILES string of the molecule is CC[C@H](C)N(Cc1ccc(OC)cc1)C[C@@H](O)COc1ccccc1C. The van der Waals surface area contributed by atoms with Gasteiger partial charge in [-0.25, -0.2) is 0 Å². The van der Waals surface area contributed by atoms with Crippen molar-refractivity contribution in [2.75, 3.05) is 20.3 Å². The number of benzene rings is 2. The van der Waals surface area contributed by atoms with Crippen LogP contribution in [0.1, 0.15) is 31.4 Å². The number of rotatable bonds is 10. The highest BCUT2D eigenvalue weighted by Gasteiger charge is 2.18. The van der Waals surface area contributed by atoms with E-state index in [0.717, 1.165) is 30.0 Å². The highest BCUT2D eigenvalue weighted by atomic mass is 16.5. The molecule has 0 spiro atoms. The van der Waals surface area contributed by atoms with Crippen LogP contribution in [0.15, 0.2) is 48.5 Å². The normalized spacial score (nSPS) is 13.5. The number of aliphatic hydroxyl groups is 1. The molecule has 4 nitrogen and oxygen atoms in total. The van der Waals surface area contributed by atoms with Crippen molar-refractivity contribution in [3.05, 3.63) is 59.7 Å². The van der Waals surface area contributed by atoms with Crippen LogP contribution in [0, 0.1) is 6.92 Å². The topological polar surface area (TPSA) is 41.9 Å². The van der Waals surface area contributed by atoms with Crippen LogP contribution in [0.4, 0.5) is 0 Å². The summed E-state index contributed by atoms with van der Waals surface area (Å²) in [7, 11) is 1.67. The van der Waals surface area contributed by atoms with Crippen molar-refractivity contribution < 1.29 is 14.6 Å². The van der Waals surface area contributed by atoms with Gasteiger partial charge in [0.25, 0.3) is 0 Å². The average Bonchev–Trinajstić information content (AvgIpc) is 2.66. The lowest BCUT2D eigenvalue weighted by atomic mass is 10.1. The first kappa shape index (κ1) is 20.3. The van der Waals surface area contributed by atoms with Crippen molar-refractivity contribution in [1.29, 1.82) is 0 Å². The quantitative estimate of drug-likeness (QED) is 0.697. The zero-order valence-electron chi connectivity index (χ0n) is 16.3. The average molecular weight is 357 g/mol. The van der Waals surface area contributed by atoms with Crippen molar-refractivity contribution in [3.8, 4) is 11.5 Å². The minimum Gasteiger partial charge on any atom is -0.497 e. The van der Waals surface area contributed by atoms with Crippen molar-refractivity contribution >= 4 is 0 Å². The maximum atomic E-state index is 10.5. The molecule has 0 aliphatic carbocycles. The highest BCUT2D eigenvalue weighted by molar-refractivity contribution is 5.31. The molecule has 2 aromatic rings. The van der Waals surface area contributed by atoms with Crippen LogP contribution in [0.5, 0.6) is 11.5 Å². The van der Waals surface area contributed by atoms with Crippen LogP contribution >= 0.6 is 0 Å². The molecule has 0 aliphatic heterocycles. The lowest BCUT2D eigenvalue weighted by Gasteiger charge is -2.30. The van der Waals surface area contributed by atoms with E-state index in [9.17, 15) is 5.11 Å². The van der Waals surface area contributed by atoms with Gasteiger partial charge in [-0.15, -0.1) is 0 Å². The Morgan fingerprint density at radius 1 is 1.08 bits per heavy atom. The van der Waals surface area contributed by atoms with Crippen molar-refractivity contribution in [3.63, 3.8) is 0 Å². The first-order valence-electron chi connectivity index (χ1n) is 9.27. The minimum atomic E-state index is -0.540. The molecule has 0 heterocycles. The molecule has 142 valence electrons. The lowest BCUT2D eigenvalue weighted by molar-refractivity contribution is 0.0504. The van der Waals surface area contributed by atoms with Crippen molar-refractivity contribution in [1.82, 2.24) is 4.90 Å². The molecule has 0 bridgehead atoms. The fourth-order valence-corrected chi connectivity index (χ4v) is 2.85. The van der Waals surface area contributed by atoms with E-state index >= 15 is 0 Å². The summed E-state index contributed by atoms with van der Waals surface area (Å²) < 4.78 is 11.0. The number of methoxy groups -OCH3 is 1. The van der Waals surface area contributed by atoms with E-state index in [1.165, 1.54) is 5.56 Å². The van der Waals surface area contributed by atoms with Crippen molar-refractivity contribution in [2.24, 2.45) is 0 Å². The Balaban J connectivity index is 1.94. The van der Waals surface area contributed by atoms with Crippen LogP contribution in [0.2, 0.25) is 0 Å². The predicted octanol–water partition coefficient (Wildman–Crippen LogP) is 4.04. The zero-order chi connectivity index (χ0) is 18.9. The van der Waals surface area contributed by atoms with E-state index in [0.29, 0.717) is 19.2 Å². The summed E-state index contributed by atoms with van der Waals surface area (Å²) >= 11 is 0. The molecule has 0 unspecified atom stereocenters. The Hall–Kier alpha value is -2.04. The van der Waals surface area contributed by atoms with Gasteiger partial charge in [-0.1, -0.05) is 37.3 Å². The molecule has 0 aromatic heterocycles. The molecule has 26 heavy (non-hydrogen) atoms. The molecule has 0 aliphatic rings. The molecule has 0 fully saturated rings. The van der Waals surface area contributed by atoms with E-state index in [1.54, 1.807) is 7.11 Å². The van der Waals surface area contributed by atoms with Gasteiger partial charge in [-0.2, -0.15) is 0 Å². The third-order valence-electron chi connectivity index (χ3n) is 4.73. The molecular weight excluding hydrogens is 326 g/mol. The number of hydrogen-bond acceptors (Lipinski definition) is 4. The van der Waals surface area contributed by atoms with Gasteiger partial charge in [-0.05, 0) is 49.6 Å². The van der Waals surface area contributed by atoms with Crippen LogP contribution in [-0.2, 0) is 6.54 Å². The van der Waals surface area contributed by atoms with Gasteiger partial charge in [0.15, 0.2) is 0 Å². The first-order valence-corrected chi connectivity index (χ1v) is 9.27. The summed E-state index contributed by atoms with van der Waals surface area (Å²) in [4.78, 5) is 2.30. The highest BCUT2D eigenvalue weighted by Crippen LogP contribution is 2.18. The van der Waals surface area contributed by atoms with E-state index in [-0.39, 0.29) is 0 Å². The van der Waals surface area contributed by atoms with E-state index < -0.39 is 6.10 Å². The number of hydrogen-bond donors (Lipinski definition) is 1.